The molecule has 0 saturated carbocycles. The maximum Gasteiger partial charge on any atom is 0.154 e. The van der Waals surface area contributed by atoms with Crippen LogP contribution in [-0.2, 0) is 23.3 Å². The van der Waals surface area contributed by atoms with E-state index in [-0.39, 0.29) is 11.8 Å². The van der Waals surface area contributed by atoms with Crippen LogP contribution in [0.1, 0.15) is 25.1 Å². The second kappa shape index (κ2) is 5.33. The molecule has 0 radical (unpaired) electrons. The predicted octanol–water partition coefficient (Wildman–Crippen LogP) is -0.843. The number of nitrogens with zero attached hydrogens (tertiary/aromatic N) is 3. The van der Waals surface area contributed by atoms with Crippen molar-refractivity contribution in [2.75, 3.05) is 5.75 Å². The molecule has 18 heavy (non-hydrogen) atoms. The lowest BCUT2D eigenvalue weighted by atomic mass is 10.0. The third kappa shape index (κ3) is 2.70. The fourth-order valence-corrected chi connectivity index (χ4v) is 4.54. The van der Waals surface area contributed by atoms with Gasteiger partial charge in [0.15, 0.2) is 9.84 Å². The minimum Gasteiger partial charge on any atom is -0.271 e. The number of hydrazine groups is 1. The fourth-order valence-electron chi connectivity index (χ4n) is 2.43. The first-order valence-corrected chi connectivity index (χ1v) is 7.76. The van der Waals surface area contributed by atoms with Gasteiger partial charge < -0.3 is 0 Å². The number of aromatic nitrogens is 3. The quantitative estimate of drug-likeness (QED) is 0.547. The Morgan fingerprint density at radius 3 is 2.94 bits per heavy atom. The standard InChI is InChI=1S/C10H19N5O2S/c1-15-10(12-7-13-15)6-8(14-11)9-4-2-3-5-18(9,16)17/h7-9,14H,2-6,11H2,1H3. The molecule has 2 heterocycles. The van der Waals surface area contributed by atoms with Gasteiger partial charge in [-0.3, -0.25) is 16.0 Å². The lowest BCUT2D eigenvalue weighted by Gasteiger charge is -2.29. The van der Waals surface area contributed by atoms with Crippen molar-refractivity contribution in [1.82, 2.24) is 20.2 Å². The Balaban J connectivity index is 2.15. The fraction of sp³-hybridized carbons (Fsp3) is 0.800. The highest BCUT2D eigenvalue weighted by Gasteiger charge is 2.35. The lowest BCUT2D eigenvalue weighted by Crippen LogP contribution is -2.50. The summed E-state index contributed by atoms with van der Waals surface area (Å²) in [5.41, 5.74) is 2.63. The van der Waals surface area contributed by atoms with Crippen molar-refractivity contribution < 1.29 is 8.42 Å². The van der Waals surface area contributed by atoms with Gasteiger partial charge in [0.1, 0.15) is 12.2 Å². The van der Waals surface area contributed by atoms with Gasteiger partial charge in [-0.1, -0.05) is 6.42 Å². The van der Waals surface area contributed by atoms with Crippen LogP contribution in [0.5, 0.6) is 0 Å². The van der Waals surface area contributed by atoms with E-state index in [1.807, 2.05) is 0 Å². The van der Waals surface area contributed by atoms with Crippen LogP contribution in [0.25, 0.3) is 0 Å². The van der Waals surface area contributed by atoms with Crippen LogP contribution < -0.4 is 11.3 Å². The SMILES string of the molecule is Cn1ncnc1CC(NN)C1CCCCS1(=O)=O. The number of rotatable bonds is 4. The first kappa shape index (κ1) is 13.4. The molecule has 0 aromatic carbocycles. The summed E-state index contributed by atoms with van der Waals surface area (Å²) in [7, 11) is -1.27. The Morgan fingerprint density at radius 1 is 1.61 bits per heavy atom. The van der Waals surface area contributed by atoms with Gasteiger partial charge in [0, 0.05) is 19.5 Å². The van der Waals surface area contributed by atoms with Gasteiger partial charge >= 0.3 is 0 Å². The smallest absolute Gasteiger partial charge is 0.154 e. The van der Waals surface area contributed by atoms with E-state index >= 15 is 0 Å². The molecule has 3 N–H and O–H groups in total. The molecule has 0 amide bonds. The molecule has 7 nitrogen and oxygen atoms in total. The summed E-state index contributed by atoms with van der Waals surface area (Å²) in [6.45, 7) is 0. The highest BCUT2D eigenvalue weighted by atomic mass is 32.2. The second-order valence-electron chi connectivity index (χ2n) is 4.68. The minimum absolute atomic E-state index is 0.259. The van der Waals surface area contributed by atoms with Gasteiger partial charge in [0.05, 0.1) is 11.0 Å². The van der Waals surface area contributed by atoms with Crippen molar-refractivity contribution in [2.24, 2.45) is 12.9 Å². The van der Waals surface area contributed by atoms with E-state index in [0.29, 0.717) is 12.8 Å². The third-order valence-electron chi connectivity index (χ3n) is 3.50. The molecule has 0 bridgehead atoms. The molecular formula is C10H19N5O2S. The maximum absolute atomic E-state index is 12.1. The highest BCUT2D eigenvalue weighted by molar-refractivity contribution is 7.92. The van der Waals surface area contributed by atoms with Crippen molar-refractivity contribution in [3.63, 3.8) is 0 Å². The predicted molar refractivity (Wildman–Crippen MR) is 67.2 cm³/mol. The number of hydrogen-bond acceptors (Lipinski definition) is 6. The Labute approximate surface area is 107 Å². The van der Waals surface area contributed by atoms with E-state index in [1.54, 1.807) is 11.7 Å². The molecule has 1 aliphatic heterocycles. The zero-order chi connectivity index (χ0) is 13.2. The molecule has 2 atom stereocenters. The maximum atomic E-state index is 12.1. The lowest BCUT2D eigenvalue weighted by molar-refractivity contribution is 0.430. The van der Waals surface area contributed by atoms with Crippen LogP contribution in [0.15, 0.2) is 6.33 Å². The normalized spacial score (nSPS) is 24.9. The molecule has 0 aliphatic carbocycles. The van der Waals surface area contributed by atoms with Gasteiger partial charge in [0.2, 0.25) is 0 Å². The van der Waals surface area contributed by atoms with E-state index in [2.05, 4.69) is 15.5 Å². The Morgan fingerprint density at radius 2 is 2.39 bits per heavy atom. The first-order valence-electron chi connectivity index (χ1n) is 6.05. The van der Waals surface area contributed by atoms with E-state index in [1.165, 1.54) is 6.33 Å². The van der Waals surface area contributed by atoms with E-state index in [9.17, 15) is 8.42 Å². The zero-order valence-corrected chi connectivity index (χ0v) is 11.2. The first-order chi connectivity index (χ1) is 8.54. The number of sulfone groups is 1. The molecule has 0 spiro atoms. The van der Waals surface area contributed by atoms with E-state index in [4.69, 9.17) is 5.84 Å². The highest BCUT2D eigenvalue weighted by Crippen LogP contribution is 2.23. The van der Waals surface area contributed by atoms with Crippen molar-refractivity contribution >= 4 is 9.84 Å². The van der Waals surface area contributed by atoms with Crippen LogP contribution in [-0.4, -0.2) is 40.2 Å². The largest absolute Gasteiger partial charge is 0.271 e. The van der Waals surface area contributed by atoms with Crippen molar-refractivity contribution in [1.29, 1.82) is 0 Å². The van der Waals surface area contributed by atoms with Crippen LogP contribution in [0.2, 0.25) is 0 Å². The van der Waals surface area contributed by atoms with Crippen LogP contribution in [0, 0.1) is 0 Å². The summed E-state index contributed by atoms with van der Waals surface area (Å²) in [4.78, 5) is 4.11. The van der Waals surface area contributed by atoms with Gasteiger partial charge in [-0.15, -0.1) is 0 Å². The van der Waals surface area contributed by atoms with Crippen LogP contribution in [0.4, 0.5) is 0 Å². The van der Waals surface area contributed by atoms with E-state index < -0.39 is 15.1 Å². The number of nitrogens with two attached hydrogens (primary N) is 1. The van der Waals surface area contributed by atoms with E-state index in [0.717, 1.165) is 18.7 Å². The average Bonchev–Trinajstić information content (AvgIpc) is 2.72. The summed E-state index contributed by atoms with van der Waals surface area (Å²) in [5, 5.41) is 3.55. The molecular weight excluding hydrogens is 254 g/mol. The van der Waals surface area contributed by atoms with Crippen molar-refractivity contribution in [2.45, 2.75) is 37.0 Å². The molecule has 1 aliphatic rings. The second-order valence-corrected chi connectivity index (χ2v) is 7.02. The molecule has 1 fully saturated rings. The molecule has 1 aromatic heterocycles. The topological polar surface area (TPSA) is 103 Å². The summed E-state index contributed by atoms with van der Waals surface area (Å²) in [6.07, 6.45) is 4.27. The van der Waals surface area contributed by atoms with Gasteiger partial charge in [-0.25, -0.2) is 13.4 Å². The van der Waals surface area contributed by atoms with Gasteiger partial charge in [-0.05, 0) is 12.8 Å². The van der Waals surface area contributed by atoms with Crippen molar-refractivity contribution in [3.8, 4) is 0 Å². The van der Waals surface area contributed by atoms with Crippen LogP contribution in [0.3, 0.4) is 0 Å². The molecule has 2 rings (SSSR count). The molecule has 8 heteroatoms. The average molecular weight is 273 g/mol. The minimum atomic E-state index is -3.05. The van der Waals surface area contributed by atoms with Gasteiger partial charge in [-0.2, -0.15) is 5.10 Å². The third-order valence-corrected chi connectivity index (χ3v) is 5.84. The van der Waals surface area contributed by atoms with Crippen LogP contribution >= 0.6 is 0 Å². The molecule has 102 valence electrons. The molecule has 2 unspecified atom stereocenters. The Hall–Kier alpha value is -0.990. The number of aryl methyl sites for hydroxylation is 1. The summed E-state index contributed by atoms with van der Waals surface area (Å²) >= 11 is 0. The Bertz CT molecular complexity index is 498. The molecule has 1 aromatic rings. The Kier molecular flexibility index (Phi) is 3.98. The van der Waals surface area contributed by atoms with Crippen molar-refractivity contribution in [3.05, 3.63) is 12.2 Å². The number of hydrogen-bond donors (Lipinski definition) is 2. The summed E-state index contributed by atoms with van der Waals surface area (Å²) in [5.74, 6) is 6.51. The number of nitrogens with one attached hydrogen (secondary N) is 1. The van der Waals surface area contributed by atoms with Gasteiger partial charge in [0.25, 0.3) is 0 Å². The monoisotopic (exact) mass is 273 g/mol. The zero-order valence-electron chi connectivity index (χ0n) is 10.4. The summed E-state index contributed by atoms with van der Waals surface area (Å²) in [6, 6.07) is -0.307. The molecule has 1 saturated heterocycles. The summed E-state index contributed by atoms with van der Waals surface area (Å²) < 4.78 is 25.8.